The summed E-state index contributed by atoms with van der Waals surface area (Å²) in [4.78, 5) is 17.6. The minimum atomic E-state index is -0.931. The Morgan fingerprint density at radius 3 is 2.81 bits per heavy atom. The van der Waals surface area contributed by atoms with Gasteiger partial charge >= 0.3 is 0 Å². The van der Waals surface area contributed by atoms with Crippen LogP contribution in [0.1, 0.15) is 11.1 Å². The molecule has 0 saturated heterocycles. The first kappa shape index (κ1) is 10.2. The van der Waals surface area contributed by atoms with Gasteiger partial charge in [-0.25, -0.2) is 0 Å². The van der Waals surface area contributed by atoms with E-state index in [4.69, 9.17) is 0 Å². The summed E-state index contributed by atoms with van der Waals surface area (Å²) in [5.41, 5.74) is 2.04. The van der Waals surface area contributed by atoms with Gasteiger partial charge in [0.25, 0.3) is 5.91 Å². The average molecular weight is 342 g/mol. The third kappa shape index (κ3) is 1.25. The van der Waals surface area contributed by atoms with E-state index < -0.39 is 3.36 Å². The molecule has 80 valence electrons. The monoisotopic (exact) mass is 340 g/mol. The topological polar surface area (TPSA) is 32.7 Å². The van der Waals surface area contributed by atoms with Crippen molar-refractivity contribution in [2.24, 2.45) is 4.99 Å². The molecule has 0 aliphatic carbocycles. The number of carbonyl (C=O) groups is 1. The van der Waals surface area contributed by atoms with Crippen LogP contribution < -0.4 is 0 Å². The number of benzene rings is 1. The van der Waals surface area contributed by atoms with Gasteiger partial charge in [-0.05, 0) is 43.5 Å². The molecule has 0 saturated carbocycles. The van der Waals surface area contributed by atoms with Gasteiger partial charge in [0.05, 0.1) is 0 Å². The second kappa shape index (κ2) is 3.28. The summed E-state index contributed by atoms with van der Waals surface area (Å²) >= 11 is 6.66. The van der Waals surface area contributed by atoms with E-state index in [1.807, 2.05) is 36.5 Å². The van der Waals surface area contributed by atoms with Crippen LogP contribution in [0.4, 0.5) is 0 Å². The lowest BCUT2D eigenvalue weighted by molar-refractivity contribution is -0.118. The van der Waals surface area contributed by atoms with Crippen LogP contribution in [0.3, 0.4) is 0 Å². The Balaban J connectivity index is 2.22. The zero-order valence-electron chi connectivity index (χ0n) is 8.02. The summed E-state index contributed by atoms with van der Waals surface area (Å²) < 4.78 is -0.931. The molecule has 0 radical (unpaired) electrons. The summed E-state index contributed by atoms with van der Waals surface area (Å²) in [5, 5.41) is 0. The van der Waals surface area contributed by atoms with Crippen LogP contribution in [-0.4, -0.2) is 20.0 Å². The van der Waals surface area contributed by atoms with Crippen LogP contribution in [0, 0.1) is 0 Å². The number of halogens is 2. The standard InChI is InChI=1S/C11H6Br2N2O/c12-11(13)10(16)14-9-8-4-2-1-3-7(8)5-6-15(9)11/h1-6H. The Hall–Kier alpha value is -0.940. The molecule has 0 N–H and O–H groups in total. The van der Waals surface area contributed by atoms with Crippen molar-refractivity contribution in [1.82, 2.24) is 4.90 Å². The Kier molecular flexibility index (Phi) is 2.09. The highest BCUT2D eigenvalue weighted by Crippen LogP contribution is 2.41. The van der Waals surface area contributed by atoms with E-state index in [-0.39, 0.29) is 5.91 Å². The van der Waals surface area contributed by atoms with Gasteiger partial charge in [-0.2, -0.15) is 4.99 Å². The Labute approximate surface area is 109 Å². The molecule has 0 unspecified atom stereocenters. The van der Waals surface area contributed by atoms with E-state index in [9.17, 15) is 4.79 Å². The molecule has 0 bridgehead atoms. The fourth-order valence-corrected chi connectivity index (χ4v) is 2.56. The summed E-state index contributed by atoms with van der Waals surface area (Å²) in [6, 6.07) is 7.86. The number of amidine groups is 1. The predicted molar refractivity (Wildman–Crippen MR) is 69.4 cm³/mol. The van der Waals surface area contributed by atoms with E-state index in [0.717, 1.165) is 11.1 Å². The van der Waals surface area contributed by atoms with Crippen LogP contribution in [0.25, 0.3) is 6.08 Å². The predicted octanol–water partition coefficient (Wildman–Crippen LogP) is 2.70. The van der Waals surface area contributed by atoms with Gasteiger partial charge in [0.15, 0.2) is 0 Å². The van der Waals surface area contributed by atoms with Crippen LogP contribution >= 0.6 is 31.9 Å². The maximum Gasteiger partial charge on any atom is 0.296 e. The lowest BCUT2D eigenvalue weighted by atomic mass is 10.0. The molecule has 5 heteroatoms. The molecule has 16 heavy (non-hydrogen) atoms. The number of fused-ring (bicyclic) bond motifs is 3. The Morgan fingerprint density at radius 2 is 2.00 bits per heavy atom. The lowest BCUT2D eigenvalue weighted by Gasteiger charge is -2.28. The molecule has 1 aromatic carbocycles. The minimum Gasteiger partial charge on any atom is -0.299 e. The van der Waals surface area contributed by atoms with Crippen molar-refractivity contribution < 1.29 is 4.79 Å². The van der Waals surface area contributed by atoms with Crippen LogP contribution in [0.5, 0.6) is 0 Å². The van der Waals surface area contributed by atoms with Gasteiger partial charge in [-0.1, -0.05) is 24.3 Å². The van der Waals surface area contributed by atoms with Gasteiger partial charge in [0, 0.05) is 11.8 Å². The van der Waals surface area contributed by atoms with Gasteiger partial charge in [0.2, 0.25) is 3.36 Å². The van der Waals surface area contributed by atoms with Crippen LogP contribution in [0.15, 0.2) is 35.5 Å². The number of nitrogens with zero attached hydrogens (tertiary/aromatic N) is 2. The normalized spacial score (nSPS) is 20.5. The Bertz CT molecular complexity index is 549. The van der Waals surface area contributed by atoms with Crippen molar-refractivity contribution in [3.63, 3.8) is 0 Å². The highest BCUT2D eigenvalue weighted by molar-refractivity contribution is 9.25. The second-order valence-corrected chi connectivity index (χ2v) is 6.91. The molecule has 0 aromatic heterocycles. The number of amides is 1. The third-order valence-corrected chi connectivity index (χ3v) is 4.04. The molecule has 0 spiro atoms. The van der Waals surface area contributed by atoms with Crippen molar-refractivity contribution in [3.8, 4) is 0 Å². The molecule has 2 heterocycles. The SMILES string of the molecule is O=C1N=C2c3ccccc3C=CN2C1(Br)Br. The molecular weight excluding hydrogens is 336 g/mol. The highest BCUT2D eigenvalue weighted by atomic mass is 79.9. The van der Waals surface area contributed by atoms with Gasteiger partial charge < -0.3 is 0 Å². The number of hydrogen-bond acceptors (Lipinski definition) is 2. The van der Waals surface area contributed by atoms with E-state index in [2.05, 4.69) is 36.9 Å². The molecule has 0 fully saturated rings. The van der Waals surface area contributed by atoms with E-state index in [1.54, 1.807) is 4.90 Å². The van der Waals surface area contributed by atoms with Crippen molar-refractivity contribution in [3.05, 3.63) is 41.6 Å². The highest BCUT2D eigenvalue weighted by Gasteiger charge is 2.47. The first-order valence-corrected chi connectivity index (χ1v) is 6.27. The van der Waals surface area contributed by atoms with Gasteiger partial charge in [-0.3, -0.25) is 9.69 Å². The first-order chi connectivity index (χ1) is 7.60. The maximum absolute atomic E-state index is 11.7. The van der Waals surface area contributed by atoms with Crippen molar-refractivity contribution in [1.29, 1.82) is 0 Å². The summed E-state index contributed by atoms with van der Waals surface area (Å²) in [5.74, 6) is 0.431. The maximum atomic E-state index is 11.7. The number of carbonyl (C=O) groups excluding carboxylic acids is 1. The van der Waals surface area contributed by atoms with E-state index in [1.165, 1.54) is 0 Å². The van der Waals surface area contributed by atoms with E-state index >= 15 is 0 Å². The van der Waals surface area contributed by atoms with Crippen molar-refractivity contribution in [2.75, 3.05) is 0 Å². The lowest BCUT2D eigenvalue weighted by Crippen LogP contribution is -2.39. The minimum absolute atomic E-state index is 0.246. The van der Waals surface area contributed by atoms with Crippen molar-refractivity contribution >= 4 is 49.7 Å². The quantitative estimate of drug-likeness (QED) is 0.537. The number of alkyl halides is 2. The molecule has 3 rings (SSSR count). The molecular formula is C11H6Br2N2O. The van der Waals surface area contributed by atoms with Crippen LogP contribution in [-0.2, 0) is 4.79 Å². The number of aliphatic imine (C=N–C) groups is 1. The third-order valence-electron chi connectivity index (χ3n) is 2.60. The van der Waals surface area contributed by atoms with Gasteiger partial charge in [0.1, 0.15) is 5.84 Å². The van der Waals surface area contributed by atoms with Crippen LogP contribution in [0.2, 0.25) is 0 Å². The zero-order chi connectivity index (χ0) is 11.3. The van der Waals surface area contributed by atoms with Crippen molar-refractivity contribution in [2.45, 2.75) is 3.36 Å². The second-order valence-electron chi connectivity index (χ2n) is 3.55. The van der Waals surface area contributed by atoms with Gasteiger partial charge in [-0.15, -0.1) is 0 Å². The average Bonchev–Trinajstić information content (AvgIpc) is 2.51. The smallest absolute Gasteiger partial charge is 0.296 e. The summed E-state index contributed by atoms with van der Waals surface area (Å²) in [6.45, 7) is 0. The first-order valence-electron chi connectivity index (χ1n) is 4.68. The zero-order valence-corrected chi connectivity index (χ0v) is 11.2. The molecule has 2 aliphatic rings. The molecule has 0 atom stereocenters. The summed E-state index contributed by atoms with van der Waals surface area (Å²) in [7, 11) is 0. The van der Waals surface area contributed by atoms with E-state index in [0.29, 0.717) is 5.84 Å². The fraction of sp³-hybridized carbons (Fsp3) is 0.0909. The molecule has 1 aromatic rings. The number of rotatable bonds is 0. The number of hydrogen-bond donors (Lipinski definition) is 0. The largest absolute Gasteiger partial charge is 0.299 e. The summed E-state index contributed by atoms with van der Waals surface area (Å²) in [6.07, 6.45) is 3.81. The Morgan fingerprint density at radius 1 is 1.25 bits per heavy atom. The fourth-order valence-electron chi connectivity index (χ4n) is 1.81. The molecule has 2 aliphatic heterocycles. The molecule has 1 amide bonds. The molecule has 3 nitrogen and oxygen atoms in total.